The summed E-state index contributed by atoms with van der Waals surface area (Å²) in [5.41, 5.74) is 9.03. The molecule has 1 saturated heterocycles. The Hall–Kier alpha value is -3.44. The molecule has 2 heterocycles. The van der Waals surface area contributed by atoms with E-state index in [1.165, 1.54) is 43.8 Å². The second-order valence-corrected chi connectivity index (χ2v) is 15.0. The van der Waals surface area contributed by atoms with Crippen LogP contribution in [0.5, 0.6) is 0 Å². The van der Waals surface area contributed by atoms with Crippen LogP contribution < -0.4 is 0 Å². The van der Waals surface area contributed by atoms with Gasteiger partial charge in [-0.15, -0.1) is 11.3 Å². The highest BCUT2D eigenvalue weighted by Crippen LogP contribution is 2.45. The minimum absolute atomic E-state index is 0.0715. The topological polar surface area (TPSA) is 42.4 Å². The highest BCUT2D eigenvalue weighted by atomic mass is 32.1. The fourth-order valence-electron chi connectivity index (χ4n) is 6.26. The summed E-state index contributed by atoms with van der Waals surface area (Å²) >= 11 is 1.81. The summed E-state index contributed by atoms with van der Waals surface area (Å²) in [6.45, 7) is 15.4. The van der Waals surface area contributed by atoms with Gasteiger partial charge >= 0.3 is 6.09 Å². The summed E-state index contributed by atoms with van der Waals surface area (Å²) in [6, 6.07) is 23.9. The van der Waals surface area contributed by atoms with Crippen molar-refractivity contribution >= 4 is 17.4 Å². The van der Waals surface area contributed by atoms with E-state index in [4.69, 9.17) is 9.72 Å². The zero-order valence-corrected chi connectivity index (χ0v) is 26.6. The SMILES string of the molecule is CC(C)(C)c1cc(-c2ncc(C3CCN(C(=O)OCC4c5ccccc5-c5ccccc54)CC3)s2)cc(C(C)(C)C)c1. The minimum atomic E-state index is -0.200. The van der Waals surface area contributed by atoms with Crippen molar-refractivity contribution in [2.45, 2.75) is 77.0 Å². The highest BCUT2D eigenvalue weighted by molar-refractivity contribution is 7.15. The summed E-state index contributed by atoms with van der Waals surface area (Å²) in [6.07, 6.45) is 3.73. The van der Waals surface area contributed by atoms with Gasteiger partial charge in [0.25, 0.3) is 0 Å². The number of hydrogen-bond acceptors (Lipinski definition) is 4. The lowest BCUT2D eigenvalue weighted by molar-refractivity contribution is 0.0905. The lowest BCUT2D eigenvalue weighted by Crippen LogP contribution is -2.38. The van der Waals surface area contributed by atoms with Crippen molar-refractivity contribution in [2.24, 2.45) is 0 Å². The number of fused-ring (bicyclic) bond motifs is 3. The first-order valence-electron chi connectivity index (χ1n) is 15.2. The molecule has 0 saturated carbocycles. The molecule has 42 heavy (non-hydrogen) atoms. The maximum absolute atomic E-state index is 13.1. The van der Waals surface area contributed by atoms with Crippen molar-refractivity contribution in [3.8, 4) is 21.7 Å². The van der Waals surface area contributed by atoms with Gasteiger partial charge in [0.1, 0.15) is 11.6 Å². The van der Waals surface area contributed by atoms with Crippen molar-refractivity contribution < 1.29 is 9.53 Å². The van der Waals surface area contributed by atoms with E-state index >= 15 is 0 Å². The Morgan fingerprint density at radius 2 is 1.40 bits per heavy atom. The summed E-state index contributed by atoms with van der Waals surface area (Å²) in [7, 11) is 0. The fraction of sp³-hybridized carbons (Fsp3) is 0.405. The number of carbonyl (C=O) groups excluding carboxylic acids is 1. The number of thiazole rings is 1. The molecule has 0 bridgehead atoms. The van der Waals surface area contributed by atoms with Crippen LogP contribution in [0.2, 0.25) is 0 Å². The van der Waals surface area contributed by atoms with Crippen LogP contribution in [0.1, 0.15) is 93.4 Å². The van der Waals surface area contributed by atoms with Crippen LogP contribution in [-0.4, -0.2) is 35.7 Å². The summed E-state index contributed by atoms with van der Waals surface area (Å²) < 4.78 is 5.94. The monoisotopic (exact) mass is 578 g/mol. The first kappa shape index (κ1) is 28.7. The number of ether oxygens (including phenoxy) is 1. The Kier molecular flexibility index (Phi) is 7.51. The Morgan fingerprint density at radius 3 is 1.95 bits per heavy atom. The van der Waals surface area contributed by atoms with Gasteiger partial charge in [-0.05, 0) is 75.1 Å². The van der Waals surface area contributed by atoms with Gasteiger partial charge in [-0.3, -0.25) is 0 Å². The number of hydrogen-bond donors (Lipinski definition) is 0. The Balaban J connectivity index is 1.10. The van der Waals surface area contributed by atoms with Gasteiger partial charge in [0.2, 0.25) is 0 Å². The number of benzene rings is 3. The third-order valence-electron chi connectivity index (χ3n) is 8.93. The van der Waals surface area contributed by atoms with Crippen molar-refractivity contribution in [1.29, 1.82) is 0 Å². The zero-order valence-electron chi connectivity index (χ0n) is 25.7. The molecule has 0 spiro atoms. The summed E-state index contributed by atoms with van der Waals surface area (Å²) in [5, 5.41) is 1.08. The van der Waals surface area contributed by atoms with Crippen molar-refractivity contribution in [2.75, 3.05) is 19.7 Å². The molecular weight excluding hydrogens is 536 g/mol. The predicted octanol–water partition coefficient (Wildman–Crippen LogP) is 9.53. The lowest BCUT2D eigenvalue weighted by atomic mass is 9.79. The third-order valence-corrected chi connectivity index (χ3v) is 10.1. The molecule has 0 atom stereocenters. The van der Waals surface area contributed by atoms with Crippen molar-refractivity contribution in [3.63, 3.8) is 0 Å². The van der Waals surface area contributed by atoms with Crippen LogP contribution in [0.25, 0.3) is 21.7 Å². The number of amides is 1. The Bertz CT molecular complexity index is 1520. The summed E-state index contributed by atoms with van der Waals surface area (Å²) in [4.78, 5) is 21.2. The van der Waals surface area contributed by atoms with Crippen molar-refractivity contribution in [1.82, 2.24) is 9.88 Å². The van der Waals surface area contributed by atoms with E-state index in [9.17, 15) is 4.79 Å². The molecule has 6 rings (SSSR count). The molecule has 2 aliphatic rings. The molecule has 1 amide bonds. The number of nitrogens with zero attached hydrogens (tertiary/aromatic N) is 2. The smallest absolute Gasteiger partial charge is 0.409 e. The first-order chi connectivity index (χ1) is 20.0. The second-order valence-electron chi connectivity index (χ2n) is 13.9. The second kappa shape index (κ2) is 11.0. The quantitative estimate of drug-likeness (QED) is 0.242. The molecule has 1 aliphatic carbocycles. The molecule has 1 aliphatic heterocycles. The normalized spacial score (nSPS) is 15.9. The van der Waals surface area contributed by atoms with Gasteiger partial charge in [0.15, 0.2) is 0 Å². The molecule has 1 fully saturated rings. The van der Waals surface area contributed by atoms with E-state index < -0.39 is 0 Å². The number of piperidine rings is 1. The number of carbonyl (C=O) groups is 1. The maximum atomic E-state index is 13.1. The van der Waals surface area contributed by atoms with Gasteiger partial charge in [0, 0.05) is 35.6 Å². The van der Waals surface area contributed by atoms with E-state index in [1.54, 1.807) is 0 Å². The van der Waals surface area contributed by atoms with E-state index in [2.05, 4.69) is 114 Å². The molecule has 1 aromatic heterocycles. The van der Waals surface area contributed by atoms with E-state index in [0.29, 0.717) is 25.6 Å². The number of likely N-dealkylation sites (tertiary alicyclic amines) is 1. The maximum Gasteiger partial charge on any atom is 0.409 e. The lowest BCUT2D eigenvalue weighted by Gasteiger charge is -2.31. The van der Waals surface area contributed by atoms with E-state index in [0.717, 1.165) is 17.8 Å². The number of aromatic nitrogens is 1. The Morgan fingerprint density at radius 1 is 0.857 bits per heavy atom. The van der Waals surface area contributed by atoms with Crippen LogP contribution in [0.4, 0.5) is 4.79 Å². The molecule has 218 valence electrons. The number of rotatable bonds is 4. The average Bonchev–Trinajstić information content (AvgIpc) is 3.59. The third kappa shape index (κ3) is 5.64. The van der Waals surface area contributed by atoms with Gasteiger partial charge in [-0.2, -0.15) is 0 Å². The molecule has 0 N–H and O–H groups in total. The molecule has 4 nitrogen and oxygen atoms in total. The first-order valence-corrected chi connectivity index (χ1v) is 16.0. The van der Waals surface area contributed by atoms with E-state index in [1.807, 2.05) is 16.2 Å². The zero-order chi connectivity index (χ0) is 29.6. The van der Waals surface area contributed by atoms with Gasteiger partial charge in [0.05, 0.1) is 0 Å². The minimum Gasteiger partial charge on any atom is -0.448 e. The standard InChI is InChI=1S/C37H42N2O2S/c1-36(2,3)26-19-25(20-27(21-26)37(4,5)6)34-38-22-33(42-34)24-15-17-39(18-16-24)35(40)41-23-32-30-13-9-7-11-28(30)29-12-8-10-14-31(29)32/h7-14,19-22,24,32H,15-18,23H2,1-6H3. The highest BCUT2D eigenvalue weighted by Gasteiger charge is 2.31. The van der Waals surface area contributed by atoms with Gasteiger partial charge in [-0.25, -0.2) is 9.78 Å². The molecule has 0 radical (unpaired) electrons. The average molecular weight is 579 g/mol. The predicted molar refractivity (Wildman–Crippen MR) is 174 cm³/mol. The van der Waals surface area contributed by atoms with Crippen LogP contribution in [0.15, 0.2) is 72.9 Å². The molecule has 0 unspecified atom stereocenters. The fourth-order valence-corrected chi connectivity index (χ4v) is 7.33. The Labute approximate surface area is 254 Å². The van der Waals surface area contributed by atoms with Crippen LogP contribution in [-0.2, 0) is 15.6 Å². The molecule has 4 aromatic rings. The largest absolute Gasteiger partial charge is 0.448 e. The van der Waals surface area contributed by atoms with Crippen LogP contribution in [0.3, 0.4) is 0 Å². The van der Waals surface area contributed by atoms with Crippen molar-refractivity contribution in [3.05, 3.63) is 100 Å². The van der Waals surface area contributed by atoms with E-state index in [-0.39, 0.29) is 22.8 Å². The molecule has 3 aromatic carbocycles. The summed E-state index contributed by atoms with van der Waals surface area (Å²) in [5.74, 6) is 0.506. The van der Waals surface area contributed by atoms with Gasteiger partial charge < -0.3 is 9.64 Å². The van der Waals surface area contributed by atoms with Gasteiger partial charge in [-0.1, -0.05) is 96.1 Å². The molecule has 5 heteroatoms. The molecular formula is C37H42N2O2S. The van der Waals surface area contributed by atoms with Crippen LogP contribution >= 0.6 is 11.3 Å². The van der Waals surface area contributed by atoms with Crippen LogP contribution in [0, 0.1) is 0 Å².